The summed E-state index contributed by atoms with van der Waals surface area (Å²) >= 11 is 0. The Morgan fingerprint density at radius 2 is 2.14 bits per heavy atom. The summed E-state index contributed by atoms with van der Waals surface area (Å²) in [6, 6.07) is 10.1. The molecule has 3 heterocycles. The van der Waals surface area contributed by atoms with Gasteiger partial charge in [-0.2, -0.15) is 4.98 Å². The minimum Gasteiger partial charge on any atom is -0.332 e. The van der Waals surface area contributed by atoms with Gasteiger partial charge in [-0.25, -0.2) is 4.68 Å². The lowest BCUT2D eigenvalue weighted by Crippen LogP contribution is -2.13. The fourth-order valence-electron chi connectivity index (χ4n) is 2.45. The summed E-state index contributed by atoms with van der Waals surface area (Å²) in [6.45, 7) is 1.93. The average molecular weight is 282 g/mol. The lowest BCUT2D eigenvalue weighted by atomic mass is 10.2. The first kappa shape index (κ1) is 12.2. The molecule has 1 aliphatic rings. The Labute approximate surface area is 121 Å². The number of rotatable bonds is 3. The standard InChI is InChI=1S/C14H14N6O/c1-2-4-10(5-3-1)13-16-14(21-18-13)12-9-20(19-17-12)11-6-7-15-8-11/h1-5,9,11,15H,6-8H2/t11-/m0/s1. The molecular weight excluding hydrogens is 268 g/mol. The first-order valence-corrected chi connectivity index (χ1v) is 6.92. The van der Waals surface area contributed by atoms with Gasteiger partial charge in [0.05, 0.1) is 12.2 Å². The summed E-state index contributed by atoms with van der Waals surface area (Å²) in [6.07, 6.45) is 2.92. The number of hydrogen-bond acceptors (Lipinski definition) is 6. The smallest absolute Gasteiger partial charge is 0.280 e. The molecule has 7 heteroatoms. The molecule has 0 aliphatic carbocycles. The molecule has 1 aromatic carbocycles. The Kier molecular flexibility index (Phi) is 2.97. The highest BCUT2D eigenvalue weighted by molar-refractivity contribution is 5.57. The number of nitrogens with one attached hydrogen (secondary N) is 1. The van der Waals surface area contributed by atoms with E-state index in [1.807, 2.05) is 41.2 Å². The van der Waals surface area contributed by atoms with Gasteiger partial charge in [0.1, 0.15) is 0 Å². The van der Waals surface area contributed by atoms with E-state index in [1.165, 1.54) is 0 Å². The van der Waals surface area contributed by atoms with E-state index in [4.69, 9.17) is 4.52 Å². The summed E-state index contributed by atoms with van der Waals surface area (Å²) in [7, 11) is 0. The maximum atomic E-state index is 5.29. The molecule has 1 atom stereocenters. The van der Waals surface area contributed by atoms with Crippen molar-refractivity contribution in [3.8, 4) is 23.0 Å². The lowest BCUT2D eigenvalue weighted by Gasteiger charge is -2.05. The summed E-state index contributed by atoms with van der Waals surface area (Å²) in [5.41, 5.74) is 1.52. The molecule has 0 radical (unpaired) electrons. The van der Waals surface area contributed by atoms with Crippen molar-refractivity contribution in [3.63, 3.8) is 0 Å². The fourth-order valence-corrected chi connectivity index (χ4v) is 2.45. The molecule has 0 bridgehead atoms. The van der Waals surface area contributed by atoms with Crippen molar-refractivity contribution in [1.82, 2.24) is 30.5 Å². The van der Waals surface area contributed by atoms with Gasteiger partial charge in [-0.3, -0.25) is 0 Å². The van der Waals surface area contributed by atoms with Crippen LogP contribution in [-0.4, -0.2) is 38.2 Å². The quantitative estimate of drug-likeness (QED) is 0.784. The second kappa shape index (κ2) is 5.10. The summed E-state index contributed by atoms with van der Waals surface area (Å²) in [5.74, 6) is 0.953. The van der Waals surface area contributed by atoms with E-state index in [1.54, 1.807) is 0 Å². The van der Waals surface area contributed by atoms with Gasteiger partial charge >= 0.3 is 0 Å². The largest absolute Gasteiger partial charge is 0.332 e. The number of aromatic nitrogens is 5. The van der Waals surface area contributed by atoms with Gasteiger partial charge in [0, 0.05) is 12.1 Å². The second-order valence-corrected chi connectivity index (χ2v) is 5.02. The molecule has 7 nitrogen and oxygen atoms in total. The van der Waals surface area contributed by atoms with Gasteiger partial charge in [0.25, 0.3) is 5.89 Å². The highest BCUT2D eigenvalue weighted by Crippen LogP contribution is 2.22. The molecule has 106 valence electrons. The third-order valence-corrected chi connectivity index (χ3v) is 3.60. The Balaban J connectivity index is 1.61. The lowest BCUT2D eigenvalue weighted by molar-refractivity contribution is 0.431. The van der Waals surface area contributed by atoms with Crippen molar-refractivity contribution < 1.29 is 4.52 Å². The minimum absolute atomic E-state index is 0.350. The Bertz CT molecular complexity index is 729. The van der Waals surface area contributed by atoms with Crippen LogP contribution in [0, 0.1) is 0 Å². The predicted molar refractivity (Wildman–Crippen MR) is 75.3 cm³/mol. The maximum absolute atomic E-state index is 5.29. The van der Waals surface area contributed by atoms with Crippen LogP contribution in [0.15, 0.2) is 41.1 Å². The topological polar surface area (TPSA) is 81.7 Å². The molecule has 2 aromatic heterocycles. The van der Waals surface area contributed by atoms with E-state index < -0.39 is 0 Å². The third-order valence-electron chi connectivity index (χ3n) is 3.60. The van der Waals surface area contributed by atoms with Gasteiger partial charge in [0.2, 0.25) is 5.82 Å². The van der Waals surface area contributed by atoms with Crippen LogP contribution in [0.5, 0.6) is 0 Å². The summed E-state index contributed by atoms with van der Waals surface area (Å²) < 4.78 is 7.15. The molecule has 4 rings (SSSR count). The SMILES string of the molecule is c1ccc(-c2noc(-c3cn([C@H]4CCNC4)nn3)n2)cc1. The van der Waals surface area contributed by atoms with Crippen molar-refractivity contribution in [2.75, 3.05) is 13.1 Å². The van der Waals surface area contributed by atoms with Crippen molar-refractivity contribution in [3.05, 3.63) is 36.5 Å². The van der Waals surface area contributed by atoms with Gasteiger partial charge in [-0.1, -0.05) is 40.7 Å². The van der Waals surface area contributed by atoms with Crippen molar-refractivity contribution >= 4 is 0 Å². The van der Waals surface area contributed by atoms with Crippen LogP contribution >= 0.6 is 0 Å². The van der Waals surface area contributed by atoms with E-state index in [9.17, 15) is 0 Å². The van der Waals surface area contributed by atoms with E-state index in [-0.39, 0.29) is 0 Å². The summed E-state index contributed by atoms with van der Waals surface area (Å²) in [4.78, 5) is 4.38. The molecular formula is C14H14N6O. The van der Waals surface area contributed by atoms with Crippen molar-refractivity contribution in [1.29, 1.82) is 0 Å². The molecule has 1 fully saturated rings. The minimum atomic E-state index is 0.350. The highest BCUT2D eigenvalue weighted by atomic mass is 16.5. The van der Waals surface area contributed by atoms with Crippen LogP contribution in [-0.2, 0) is 0 Å². The first-order chi connectivity index (χ1) is 10.4. The summed E-state index contributed by atoms with van der Waals surface area (Å²) in [5, 5.41) is 15.6. The zero-order valence-electron chi connectivity index (χ0n) is 11.3. The molecule has 0 amide bonds. The third kappa shape index (κ3) is 2.31. The van der Waals surface area contributed by atoms with Crippen LogP contribution in [0.1, 0.15) is 12.5 Å². The first-order valence-electron chi connectivity index (χ1n) is 6.92. The van der Waals surface area contributed by atoms with Crippen LogP contribution in [0.3, 0.4) is 0 Å². The maximum Gasteiger partial charge on any atom is 0.280 e. The molecule has 0 unspecified atom stereocenters. The molecule has 1 N–H and O–H groups in total. The van der Waals surface area contributed by atoms with E-state index in [2.05, 4.69) is 25.8 Å². The molecule has 1 aliphatic heterocycles. The Hall–Kier alpha value is -2.54. The van der Waals surface area contributed by atoms with Crippen molar-refractivity contribution in [2.45, 2.75) is 12.5 Å². The van der Waals surface area contributed by atoms with Gasteiger partial charge in [-0.05, 0) is 13.0 Å². The highest BCUT2D eigenvalue weighted by Gasteiger charge is 2.20. The van der Waals surface area contributed by atoms with Crippen LogP contribution in [0.4, 0.5) is 0 Å². The molecule has 0 saturated carbocycles. The number of hydrogen-bond donors (Lipinski definition) is 1. The van der Waals surface area contributed by atoms with Gasteiger partial charge in [0.15, 0.2) is 5.69 Å². The van der Waals surface area contributed by atoms with Crippen LogP contribution in [0.2, 0.25) is 0 Å². The molecule has 21 heavy (non-hydrogen) atoms. The predicted octanol–water partition coefficient (Wildman–Crippen LogP) is 1.53. The second-order valence-electron chi connectivity index (χ2n) is 5.02. The van der Waals surface area contributed by atoms with Gasteiger partial charge < -0.3 is 9.84 Å². The molecule has 0 spiro atoms. The van der Waals surface area contributed by atoms with E-state index in [0.717, 1.165) is 25.1 Å². The van der Waals surface area contributed by atoms with E-state index >= 15 is 0 Å². The number of nitrogens with zero attached hydrogens (tertiary/aromatic N) is 5. The normalized spacial score (nSPS) is 18.2. The average Bonchev–Trinajstić information content (AvgIpc) is 3.27. The zero-order chi connectivity index (χ0) is 14.1. The zero-order valence-corrected chi connectivity index (χ0v) is 11.3. The van der Waals surface area contributed by atoms with Gasteiger partial charge in [-0.15, -0.1) is 5.10 Å². The van der Waals surface area contributed by atoms with Crippen molar-refractivity contribution in [2.24, 2.45) is 0 Å². The molecule has 3 aromatic rings. The Morgan fingerprint density at radius 3 is 2.95 bits per heavy atom. The molecule has 1 saturated heterocycles. The van der Waals surface area contributed by atoms with Crippen LogP contribution in [0.25, 0.3) is 23.0 Å². The number of benzene rings is 1. The van der Waals surface area contributed by atoms with Crippen LogP contribution < -0.4 is 5.32 Å². The Morgan fingerprint density at radius 1 is 1.24 bits per heavy atom. The monoisotopic (exact) mass is 282 g/mol. The fraction of sp³-hybridized carbons (Fsp3) is 0.286. The van der Waals surface area contributed by atoms with E-state index in [0.29, 0.717) is 23.5 Å².